The largest absolute Gasteiger partial charge is 0.431 e. The van der Waals surface area contributed by atoms with E-state index in [4.69, 9.17) is 15.1 Å². The molecule has 0 atom stereocenters. The smallest absolute Gasteiger partial charge is 0.265 e. The van der Waals surface area contributed by atoms with Crippen molar-refractivity contribution in [2.75, 3.05) is 0 Å². The fourth-order valence-electron chi connectivity index (χ4n) is 1.03. The van der Waals surface area contributed by atoms with Gasteiger partial charge in [-0.1, -0.05) is 0 Å². The molecule has 0 aliphatic carbocycles. The number of rotatable bonds is 1. The number of aromatic nitrogens is 1. The lowest BCUT2D eigenvalue weighted by molar-refractivity contribution is 0.570. The third-order valence-electron chi connectivity index (χ3n) is 1.61. The molecule has 2 rings (SSSR count). The molecule has 0 aliphatic heterocycles. The summed E-state index contributed by atoms with van der Waals surface area (Å²) in [6.07, 6.45) is 0. The zero-order chi connectivity index (χ0) is 10.3. The van der Waals surface area contributed by atoms with Gasteiger partial charge in [0.05, 0.1) is 4.90 Å². The van der Waals surface area contributed by atoms with Crippen LogP contribution in [0.4, 0.5) is 0 Å². The quantitative estimate of drug-likeness (QED) is 0.759. The predicted molar refractivity (Wildman–Crippen MR) is 54.7 cm³/mol. The second kappa shape index (κ2) is 3.22. The molecular weight excluding hydrogens is 294 g/mol. The first-order valence-corrected chi connectivity index (χ1v) is 6.58. The Morgan fingerprint density at radius 2 is 2.14 bits per heavy atom. The summed E-state index contributed by atoms with van der Waals surface area (Å²) in [5, 5.41) is 0. The molecule has 7 heteroatoms. The van der Waals surface area contributed by atoms with Crippen molar-refractivity contribution < 1.29 is 12.8 Å². The molecule has 0 fully saturated rings. The van der Waals surface area contributed by atoms with Crippen molar-refractivity contribution in [2.45, 2.75) is 4.90 Å². The molecule has 0 aliphatic rings. The summed E-state index contributed by atoms with van der Waals surface area (Å²) < 4.78 is 27.1. The first kappa shape index (κ1) is 9.95. The predicted octanol–water partition coefficient (Wildman–Crippen LogP) is 2.52. The maximum Gasteiger partial charge on any atom is 0.265 e. The van der Waals surface area contributed by atoms with Crippen molar-refractivity contribution in [3.63, 3.8) is 0 Å². The van der Waals surface area contributed by atoms with E-state index in [1.54, 1.807) is 0 Å². The minimum Gasteiger partial charge on any atom is -0.431 e. The van der Waals surface area contributed by atoms with Crippen molar-refractivity contribution in [1.82, 2.24) is 4.98 Å². The summed E-state index contributed by atoms with van der Waals surface area (Å²) in [4.78, 5) is 4.22. The van der Waals surface area contributed by atoms with E-state index in [0.29, 0.717) is 15.9 Å². The molecule has 0 bridgehead atoms. The van der Waals surface area contributed by atoms with E-state index in [9.17, 15) is 8.42 Å². The van der Waals surface area contributed by atoms with Gasteiger partial charge < -0.3 is 4.42 Å². The normalized spacial score (nSPS) is 12.1. The highest BCUT2D eigenvalue weighted by atomic mass is 79.9. The van der Waals surface area contributed by atoms with Gasteiger partial charge in [0.1, 0.15) is 5.52 Å². The van der Waals surface area contributed by atoms with Crippen LogP contribution in [0, 0.1) is 0 Å². The fourth-order valence-corrected chi connectivity index (χ4v) is 2.17. The standard InChI is InChI=1S/C7H3BrClNO3S/c8-7-10-5-3-4(14(9,11)12)1-2-6(5)13-7/h1-3H. The molecule has 4 nitrogen and oxygen atoms in total. The van der Waals surface area contributed by atoms with Crippen LogP contribution in [-0.4, -0.2) is 13.4 Å². The number of halogens is 2. The lowest BCUT2D eigenvalue weighted by Gasteiger charge is -1.93. The number of benzene rings is 1. The molecule has 1 heterocycles. The van der Waals surface area contributed by atoms with Crippen LogP contribution in [0.2, 0.25) is 0 Å². The van der Waals surface area contributed by atoms with Gasteiger partial charge in [0.2, 0.25) is 0 Å². The first-order chi connectivity index (χ1) is 6.47. The van der Waals surface area contributed by atoms with Gasteiger partial charge in [-0.3, -0.25) is 0 Å². The van der Waals surface area contributed by atoms with Gasteiger partial charge in [-0.15, -0.1) is 0 Å². The summed E-state index contributed by atoms with van der Waals surface area (Å²) in [6, 6.07) is 4.22. The Morgan fingerprint density at radius 1 is 1.43 bits per heavy atom. The van der Waals surface area contributed by atoms with Gasteiger partial charge in [-0.25, -0.2) is 13.4 Å². The van der Waals surface area contributed by atoms with Gasteiger partial charge in [0, 0.05) is 26.6 Å². The van der Waals surface area contributed by atoms with E-state index < -0.39 is 9.05 Å². The Hall–Kier alpha value is -0.590. The highest BCUT2D eigenvalue weighted by Gasteiger charge is 2.12. The van der Waals surface area contributed by atoms with Crippen molar-refractivity contribution in [2.24, 2.45) is 0 Å². The molecule has 0 saturated heterocycles. The Morgan fingerprint density at radius 3 is 2.79 bits per heavy atom. The topological polar surface area (TPSA) is 60.2 Å². The summed E-state index contributed by atoms with van der Waals surface area (Å²) in [5.41, 5.74) is 0.944. The van der Waals surface area contributed by atoms with Crippen LogP contribution >= 0.6 is 26.6 Å². The zero-order valence-electron chi connectivity index (χ0n) is 6.57. The molecular formula is C7H3BrClNO3S. The van der Waals surface area contributed by atoms with Gasteiger partial charge in [0.15, 0.2) is 5.58 Å². The van der Waals surface area contributed by atoms with Gasteiger partial charge in [-0.05, 0) is 18.2 Å². The third-order valence-corrected chi connectivity index (χ3v) is 3.31. The lowest BCUT2D eigenvalue weighted by Crippen LogP contribution is -1.89. The Balaban J connectivity index is 2.74. The SMILES string of the molecule is O=S(=O)(Cl)c1ccc2oc(Br)nc2c1. The molecule has 0 N–H and O–H groups in total. The van der Waals surface area contributed by atoms with Crippen LogP contribution in [0.15, 0.2) is 32.3 Å². The maximum absolute atomic E-state index is 11.0. The minimum absolute atomic E-state index is 0.00691. The molecule has 14 heavy (non-hydrogen) atoms. The highest BCUT2D eigenvalue weighted by Crippen LogP contribution is 2.23. The molecule has 2 aromatic rings. The highest BCUT2D eigenvalue weighted by molar-refractivity contribution is 9.10. The maximum atomic E-state index is 11.0. The van der Waals surface area contributed by atoms with Crippen molar-refractivity contribution >= 4 is 46.8 Å². The second-order valence-corrected chi connectivity index (χ2v) is 5.78. The first-order valence-electron chi connectivity index (χ1n) is 3.47. The van der Waals surface area contributed by atoms with Crippen LogP contribution in [0.3, 0.4) is 0 Å². The molecule has 74 valence electrons. The van der Waals surface area contributed by atoms with E-state index in [0.717, 1.165) is 0 Å². The van der Waals surface area contributed by atoms with Crippen molar-refractivity contribution in [3.8, 4) is 0 Å². The monoisotopic (exact) mass is 295 g/mol. The summed E-state index contributed by atoms with van der Waals surface area (Å²) in [6.45, 7) is 0. The lowest BCUT2D eigenvalue weighted by atomic mass is 10.3. The molecule has 0 radical (unpaired) electrons. The van der Waals surface area contributed by atoms with E-state index in [1.807, 2.05) is 0 Å². The van der Waals surface area contributed by atoms with Crippen LogP contribution in [-0.2, 0) is 9.05 Å². The number of fused-ring (bicyclic) bond motifs is 1. The average molecular weight is 297 g/mol. The average Bonchev–Trinajstić information content (AvgIpc) is 2.41. The van der Waals surface area contributed by atoms with Crippen LogP contribution in [0.1, 0.15) is 0 Å². The number of oxazole rings is 1. The summed E-state index contributed by atoms with van der Waals surface area (Å²) >= 11 is 3.04. The van der Waals surface area contributed by atoms with E-state index in [-0.39, 0.29) is 4.90 Å². The van der Waals surface area contributed by atoms with Gasteiger partial charge >= 0.3 is 0 Å². The molecule has 0 spiro atoms. The van der Waals surface area contributed by atoms with Crippen LogP contribution in [0.25, 0.3) is 11.1 Å². The van der Waals surface area contributed by atoms with Crippen molar-refractivity contribution in [1.29, 1.82) is 0 Å². The van der Waals surface area contributed by atoms with E-state index in [1.165, 1.54) is 18.2 Å². The Labute approximate surface area is 92.4 Å². The molecule has 1 aromatic carbocycles. The number of hydrogen-bond acceptors (Lipinski definition) is 4. The molecule has 0 amide bonds. The number of hydrogen-bond donors (Lipinski definition) is 0. The number of nitrogens with zero attached hydrogens (tertiary/aromatic N) is 1. The van der Waals surface area contributed by atoms with Crippen LogP contribution < -0.4 is 0 Å². The fraction of sp³-hybridized carbons (Fsp3) is 0. The molecule has 1 aromatic heterocycles. The Kier molecular flexibility index (Phi) is 2.29. The van der Waals surface area contributed by atoms with E-state index in [2.05, 4.69) is 20.9 Å². The van der Waals surface area contributed by atoms with Crippen LogP contribution in [0.5, 0.6) is 0 Å². The molecule has 0 saturated carbocycles. The Bertz CT molecular complexity index is 592. The second-order valence-electron chi connectivity index (χ2n) is 2.53. The summed E-state index contributed by atoms with van der Waals surface area (Å²) in [5.74, 6) is 0. The minimum atomic E-state index is -3.71. The summed E-state index contributed by atoms with van der Waals surface area (Å²) in [7, 11) is 1.46. The van der Waals surface area contributed by atoms with E-state index >= 15 is 0 Å². The van der Waals surface area contributed by atoms with Gasteiger partial charge in [-0.2, -0.15) is 0 Å². The zero-order valence-corrected chi connectivity index (χ0v) is 9.73. The van der Waals surface area contributed by atoms with Crippen molar-refractivity contribution in [3.05, 3.63) is 23.0 Å². The molecule has 0 unspecified atom stereocenters. The van der Waals surface area contributed by atoms with Gasteiger partial charge in [0.25, 0.3) is 13.9 Å². The third kappa shape index (κ3) is 1.77.